The van der Waals surface area contributed by atoms with Crippen molar-refractivity contribution in [2.75, 3.05) is 11.1 Å². The predicted octanol–water partition coefficient (Wildman–Crippen LogP) is 3.25. The number of anilines is 1. The van der Waals surface area contributed by atoms with Gasteiger partial charge in [0.25, 0.3) is 5.91 Å². The van der Waals surface area contributed by atoms with E-state index >= 15 is 0 Å². The Balaban J connectivity index is 1.47. The van der Waals surface area contributed by atoms with E-state index in [4.69, 9.17) is 11.6 Å². The number of carbonyl (C=O) groups excluding carboxylic acids is 2. The molecule has 0 saturated carbocycles. The van der Waals surface area contributed by atoms with Gasteiger partial charge in [-0.2, -0.15) is 0 Å². The van der Waals surface area contributed by atoms with E-state index in [1.165, 1.54) is 11.8 Å². The van der Waals surface area contributed by atoms with Crippen LogP contribution in [0.15, 0.2) is 53.0 Å². The van der Waals surface area contributed by atoms with Crippen molar-refractivity contribution in [3.8, 4) is 0 Å². The molecule has 3 rings (SSSR count). The Kier molecular flexibility index (Phi) is 6.74. The summed E-state index contributed by atoms with van der Waals surface area (Å²) in [6, 6.07) is 12.3. The lowest BCUT2D eigenvalue weighted by Crippen LogP contribution is -2.24. The second-order valence-corrected chi connectivity index (χ2v) is 7.86. The van der Waals surface area contributed by atoms with Crippen molar-refractivity contribution in [1.29, 1.82) is 0 Å². The number of hydrogen-bond acceptors (Lipinski definition) is 7. The molecule has 0 radical (unpaired) electrons. The minimum absolute atomic E-state index is 0.147. The van der Waals surface area contributed by atoms with Gasteiger partial charge in [-0.3, -0.25) is 14.6 Å². The number of benzene rings is 1. The van der Waals surface area contributed by atoms with Crippen molar-refractivity contribution >= 4 is 52.2 Å². The second kappa shape index (κ2) is 9.45. The van der Waals surface area contributed by atoms with Gasteiger partial charge in [-0.05, 0) is 30.3 Å². The van der Waals surface area contributed by atoms with Gasteiger partial charge in [0, 0.05) is 16.9 Å². The Morgan fingerprint density at radius 2 is 2.04 bits per heavy atom. The Hall–Kier alpha value is -2.49. The smallest absolute Gasteiger partial charge is 0.286 e. The van der Waals surface area contributed by atoms with E-state index in [0.717, 1.165) is 17.0 Å². The van der Waals surface area contributed by atoms with Crippen molar-refractivity contribution in [1.82, 2.24) is 20.5 Å². The summed E-state index contributed by atoms with van der Waals surface area (Å²) in [5, 5.41) is 14.0. The molecule has 7 nitrogen and oxygen atoms in total. The summed E-state index contributed by atoms with van der Waals surface area (Å²) in [6.45, 7) is 0.365. The largest absolute Gasteiger partial charge is 0.350 e. The lowest BCUT2D eigenvalue weighted by Gasteiger charge is -2.03. The topological polar surface area (TPSA) is 96.9 Å². The highest BCUT2D eigenvalue weighted by Gasteiger charge is 2.14. The Labute approximate surface area is 168 Å². The van der Waals surface area contributed by atoms with Gasteiger partial charge in [-0.25, -0.2) is 0 Å². The van der Waals surface area contributed by atoms with Crippen molar-refractivity contribution in [2.24, 2.45) is 0 Å². The minimum Gasteiger partial charge on any atom is -0.350 e. The minimum atomic E-state index is -0.374. The number of carbonyl (C=O) groups is 2. The van der Waals surface area contributed by atoms with Gasteiger partial charge >= 0.3 is 0 Å². The molecule has 0 fully saturated rings. The van der Waals surface area contributed by atoms with Crippen LogP contribution in [0, 0.1) is 0 Å². The maximum atomic E-state index is 12.2. The fourth-order valence-corrected chi connectivity index (χ4v) is 3.75. The van der Waals surface area contributed by atoms with Crippen molar-refractivity contribution < 1.29 is 9.59 Å². The lowest BCUT2D eigenvalue weighted by molar-refractivity contribution is -0.118. The third-order valence-corrected chi connectivity index (χ3v) is 5.49. The molecule has 0 atom stereocenters. The summed E-state index contributed by atoms with van der Waals surface area (Å²) < 4.78 is 0.541. The molecule has 0 aliphatic rings. The van der Waals surface area contributed by atoms with E-state index in [9.17, 15) is 9.59 Å². The van der Waals surface area contributed by atoms with Crippen molar-refractivity contribution in [3.05, 3.63) is 64.4 Å². The van der Waals surface area contributed by atoms with E-state index in [2.05, 4.69) is 25.8 Å². The van der Waals surface area contributed by atoms with E-state index in [1.54, 1.807) is 30.5 Å². The Bertz CT molecular complexity index is 936. The molecule has 10 heteroatoms. The van der Waals surface area contributed by atoms with Gasteiger partial charge < -0.3 is 10.6 Å². The number of pyridine rings is 1. The molecule has 3 aromatic rings. The molecular formula is C17H14ClN5O2S2. The maximum absolute atomic E-state index is 12.2. The van der Waals surface area contributed by atoms with Gasteiger partial charge in [0.05, 0.1) is 18.0 Å². The van der Waals surface area contributed by atoms with Crippen molar-refractivity contribution in [2.45, 2.75) is 10.9 Å². The van der Waals surface area contributed by atoms with Crippen LogP contribution in [0.5, 0.6) is 0 Å². The fourth-order valence-electron chi connectivity index (χ4n) is 1.98. The zero-order chi connectivity index (χ0) is 19.1. The Morgan fingerprint density at radius 1 is 1.15 bits per heavy atom. The van der Waals surface area contributed by atoms with E-state index in [1.807, 2.05) is 18.2 Å². The van der Waals surface area contributed by atoms with Crippen LogP contribution in [0.25, 0.3) is 0 Å². The van der Waals surface area contributed by atoms with Gasteiger partial charge in [0.15, 0.2) is 4.34 Å². The molecule has 2 heterocycles. The second-order valence-electron chi connectivity index (χ2n) is 5.22. The quantitative estimate of drug-likeness (QED) is 0.570. The highest BCUT2D eigenvalue weighted by atomic mass is 35.5. The molecule has 2 amide bonds. The molecular weight excluding hydrogens is 406 g/mol. The summed E-state index contributed by atoms with van der Waals surface area (Å²) in [5.74, 6) is -0.343. The van der Waals surface area contributed by atoms with Crippen LogP contribution >= 0.6 is 34.7 Å². The van der Waals surface area contributed by atoms with Gasteiger partial charge in [0.2, 0.25) is 10.9 Å². The Morgan fingerprint density at radius 3 is 2.81 bits per heavy atom. The van der Waals surface area contributed by atoms with Crippen LogP contribution in [-0.2, 0) is 11.3 Å². The average Bonchev–Trinajstić information content (AvgIpc) is 3.15. The van der Waals surface area contributed by atoms with Crippen LogP contribution in [-0.4, -0.2) is 32.7 Å². The zero-order valence-electron chi connectivity index (χ0n) is 13.9. The number of halogens is 1. The first-order valence-electron chi connectivity index (χ1n) is 7.80. The van der Waals surface area contributed by atoms with Gasteiger partial charge in [0.1, 0.15) is 0 Å². The summed E-state index contributed by atoms with van der Waals surface area (Å²) >= 11 is 8.24. The molecule has 0 bridgehead atoms. The first-order valence-corrected chi connectivity index (χ1v) is 9.98. The summed E-state index contributed by atoms with van der Waals surface area (Å²) in [4.78, 5) is 28.2. The molecule has 1 aromatic carbocycles. The zero-order valence-corrected chi connectivity index (χ0v) is 16.3. The number of thioether (sulfide) groups is 1. The fraction of sp³-hybridized carbons (Fsp3) is 0.118. The summed E-state index contributed by atoms with van der Waals surface area (Å²) in [5.41, 5.74) is 1.36. The number of nitrogens with zero attached hydrogens (tertiary/aromatic N) is 3. The highest BCUT2D eigenvalue weighted by molar-refractivity contribution is 8.01. The summed E-state index contributed by atoms with van der Waals surface area (Å²) in [7, 11) is 0. The molecule has 0 aliphatic carbocycles. The molecule has 0 spiro atoms. The third kappa shape index (κ3) is 6.02. The van der Waals surface area contributed by atoms with E-state index in [-0.39, 0.29) is 22.6 Å². The van der Waals surface area contributed by atoms with Crippen LogP contribution in [0.2, 0.25) is 5.02 Å². The molecule has 2 aromatic heterocycles. The van der Waals surface area contributed by atoms with Crippen LogP contribution in [0.1, 0.15) is 15.5 Å². The van der Waals surface area contributed by atoms with Crippen molar-refractivity contribution in [3.63, 3.8) is 0 Å². The van der Waals surface area contributed by atoms with E-state index in [0.29, 0.717) is 21.6 Å². The summed E-state index contributed by atoms with van der Waals surface area (Å²) in [6.07, 6.45) is 1.67. The van der Waals surface area contributed by atoms with Gasteiger partial charge in [-0.15, -0.1) is 10.2 Å². The first kappa shape index (κ1) is 19.3. The molecule has 0 aliphatic heterocycles. The van der Waals surface area contributed by atoms with Crippen LogP contribution in [0.4, 0.5) is 5.69 Å². The van der Waals surface area contributed by atoms with Crippen LogP contribution < -0.4 is 10.6 Å². The standard InChI is InChI=1S/C17H14ClN5O2S2/c18-11-4-3-6-12(8-11)21-15(25)16-22-23-17(27-16)26-10-14(24)20-9-13-5-1-2-7-19-13/h1-8H,9-10H2,(H,20,24)(H,21,25). The molecule has 2 N–H and O–H groups in total. The first-order chi connectivity index (χ1) is 13.1. The predicted molar refractivity (Wildman–Crippen MR) is 106 cm³/mol. The van der Waals surface area contributed by atoms with Crippen LogP contribution in [0.3, 0.4) is 0 Å². The van der Waals surface area contributed by atoms with Gasteiger partial charge in [-0.1, -0.05) is 46.8 Å². The average molecular weight is 420 g/mol. The SMILES string of the molecule is O=C(CSc1nnc(C(=O)Nc2cccc(Cl)c2)s1)NCc1ccccn1. The lowest BCUT2D eigenvalue weighted by atomic mass is 10.3. The normalized spacial score (nSPS) is 10.4. The van der Waals surface area contributed by atoms with E-state index < -0.39 is 0 Å². The molecule has 0 saturated heterocycles. The maximum Gasteiger partial charge on any atom is 0.286 e. The highest BCUT2D eigenvalue weighted by Crippen LogP contribution is 2.23. The monoisotopic (exact) mass is 419 g/mol. The number of aromatic nitrogens is 3. The number of hydrogen-bond donors (Lipinski definition) is 2. The molecule has 27 heavy (non-hydrogen) atoms. The molecule has 0 unspecified atom stereocenters. The third-order valence-electron chi connectivity index (χ3n) is 3.20. The number of rotatable bonds is 7. The number of amides is 2. The molecule has 138 valence electrons. The number of nitrogens with one attached hydrogen (secondary N) is 2.